The standard InChI is InChI=1S/C12H10.6BrH/c1-3-7-11(8-4-1)12-9-5-2-6-10-12;;;;;;/h1-10H;6*1H. The molecule has 0 amide bonds. The van der Waals surface area contributed by atoms with Crippen LogP contribution in [0.25, 0.3) is 11.1 Å². The molecule has 0 aliphatic carbocycles. The maximum Gasteiger partial charge on any atom is -0.0184 e. The SMILES string of the molecule is Br.Br.Br.Br.Br.Br.c1ccc(-c2ccccc2)cc1. The molecule has 2 aromatic carbocycles. The lowest BCUT2D eigenvalue weighted by molar-refractivity contribution is 1.62. The minimum Gasteiger partial charge on any atom is -0.114 e. The number of hydrogen-bond acceptors (Lipinski definition) is 0. The quantitative estimate of drug-likeness (QED) is 0.322. The second kappa shape index (κ2) is 18.3. The summed E-state index contributed by atoms with van der Waals surface area (Å²) < 4.78 is 0. The summed E-state index contributed by atoms with van der Waals surface area (Å²) in [4.78, 5) is 0. The van der Waals surface area contributed by atoms with Gasteiger partial charge >= 0.3 is 0 Å². The maximum atomic E-state index is 2.12. The van der Waals surface area contributed by atoms with Gasteiger partial charge in [0.05, 0.1) is 0 Å². The van der Waals surface area contributed by atoms with E-state index in [1.54, 1.807) is 0 Å². The van der Waals surface area contributed by atoms with Crippen molar-refractivity contribution in [2.75, 3.05) is 0 Å². The average Bonchev–Trinajstić information content (AvgIpc) is 2.21. The highest BCUT2D eigenvalue weighted by molar-refractivity contribution is 8.93. The normalized spacial score (nSPS) is 6.44. The van der Waals surface area contributed by atoms with Gasteiger partial charge in [0, 0.05) is 0 Å². The van der Waals surface area contributed by atoms with Crippen LogP contribution < -0.4 is 0 Å². The molecular weight excluding hydrogens is 624 g/mol. The molecule has 0 atom stereocenters. The highest BCUT2D eigenvalue weighted by atomic mass is 79.9. The molecule has 18 heavy (non-hydrogen) atoms. The first-order chi connectivity index (χ1) is 5.97. The zero-order chi connectivity index (χ0) is 8.23. The van der Waals surface area contributed by atoms with Crippen LogP contribution in [-0.2, 0) is 0 Å². The van der Waals surface area contributed by atoms with E-state index in [2.05, 4.69) is 48.5 Å². The Balaban J connectivity index is -0.0000000939. The molecule has 0 heterocycles. The first-order valence-electron chi connectivity index (χ1n) is 4.07. The Labute approximate surface area is 172 Å². The molecule has 2 aromatic rings. The Morgan fingerprint density at radius 3 is 0.778 bits per heavy atom. The molecule has 6 heteroatoms. The van der Waals surface area contributed by atoms with Crippen molar-refractivity contribution in [2.24, 2.45) is 0 Å². The molecule has 0 nitrogen and oxygen atoms in total. The van der Waals surface area contributed by atoms with Gasteiger partial charge in [-0.1, -0.05) is 60.7 Å². The Morgan fingerprint density at radius 1 is 0.333 bits per heavy atom. The van der Waals surface area contributed by atoms with E-state index >= 15 is 0 Å². The largest absolute Gasteiger partial charge is 0.114 e. The van der Waals surface area contributed by atoms with E-state index in [1.807, 2.05) is 12.1 Å². The fourth-order valence-electron chi connectivity index (χ4n) is 1.26. The second-order valence-electron chi connectivity index (χ2n) is 2.73. The third-order valence-corrected chi connectivity index (χ3v) is 1.88. The molecule has 0 fully saturated rings. The molecule has 0 aliphatic heterocycles. The van der Waals surface area contributed by atoms with E-state index in [0.29, 0.717) is 0 Å². The first kappa shape index (κ1) is 31.6. The maximum absolute atomic E-state index is 2.12. The molecule has 0 bridgehead atoms. The van der Waals surface area contributed by atoms with Gasteiger partial charge in [0.25, 0.3) is 0 Å². The molecule has 0 radical (unpaired) electrons. The van der Waals surface area contributed by atoms with E-state index in [1.165, 1.54) is 11.1 Å². The van der Waals surface area contributed by atoms with Gasteiger partial charge in [0.2, 0.25) is 0 Å². The minimum atomic E-state index is 0. The molecule has 2 rings (SSSR count). The van der Waals surface area contributed by atoms with Crippen molar-refractivity contribution in [3.05, 3.63) is 60.7 Å². The summed E-state index contributed by atoms with van der Waals surface area (Å²) in [5.74, 6) is 0. The lowest BCUT2D eigenvalue weighted by Gasteiger charge is -1.98. The van der Waals surface area contributed by atoms with E-state index in [9.17, 15) is 0 Å². The van der Waals surface area contributed by atoms with E-state index in [0.717, 1.165) is 0 Å². The van der Waals surface area contributed by atoms with Crippen LogP contribution >= 0.6 is 102 Å². The van der Waals surface area contributed by atoms with Crippen molar-refractivity contribution in [2.45, 2.75) is 0 Å². The van der Waals surface area contributed by atoms with Gasteiger partial charge in [-0.15, -0.1) is 102 Å². The Kier molecular flexibility index (Phi) is 32.2. The molecule has 106 valence electrons. The van der Waals surface area contributed by atoms with Crippen LogP contribution in [0.3, 0.4) is 0 Å². The molecule has 0 unspecified atom stereocenters. The summed E-state index contributed by atoms with van der Waals surface area (Å²) in [5, 5.41) is 0. The van der Waals surface area contributed by atoms with E-state index in [-0.39, 0.29) is 102 Å². The number of benzene rings is 2. The third kappa shape index (κ3) is 10.1. The lowest BCUT2D eigenvalue weighted by atomic mass is 10.1. The molecular formula is C12H16Br6. The minimum absolute atomic E-state index is 0. The van der Waals surface area contributed by atoms with Crippen LogP contribution in [-0.4, -0.2) is 0 Å². The topological polar surface area (TPSA) is 0 Å². The highest BCUT2D eigenvalue weighted by Gasteiger charge is 1.91. The molecule has 0 spiro atoms. The highest BCUT2D eigenvalue weighted by Crippen LogP contribution is 2.17. The predicted molar refractivity (Wildman–Crippen MR) is 114 cm³/mol. The van der Waals surface area contributed by atoms with Crippen molar-refractivity contribution in [1.29, 1.82) is 0 Å². The summed E-state index contributed by atoms with van der Waals surface area (Å²) in [6, 6.07) is 20.8. The second-order valence-corrected chi connectivity index (χ2v) is 2.73. The molecule has 0 saturated carbocycles. The summed E-state index contributed by atoms with van der Waals surface area (Å²) in [7, 11) is 0. The van der Waals surface area contributed by atoms with Gasteiger partial charge in [0.15, 0.2) is 0 Å². The van der Waals surface area contributed by atoms with Crippen LogP contribution in [0.15, 0.2) is 60.7 Å². The van der Waals surface area contributed by atoms with Crippen LogP contribution in [0.2, 0.25) is 0 Å². The first-order valence-corrected chi connectivity index (χ1v) is 4.07. The lowest BCUT2D eigenvalue weighted by Crippen LogP contribution is -1.73. The Morgan fingerprint density at radius 2 is 0.556 bits per heavy atom. The van der Waals surface area contributed by atoms with Crippen molar-refractivity contribution in [3.8, 4) is 11.1 Å². The van der Waals surface area contributed by atoms with Gasteiger partial charge in [0.1, 0.15) is 0 Å². The van der Waals surface area contributed by atoms with Crippen molar-refractivity contribution in [3.63, 3.8) is 0 Å². The molecule has 0 saturated heterocycles. The van der Waals surface area contributed by atoms with Crippen LogP contribution in [0.5, 0.6) is 0 Å². The van der Waals surface area contributed by atoms with E-state index in [4.69, 9.17) is 0 Å². The van der Waals surface area contributed by atoms with Crippen LogP contribution in [0.4, 0.5) is 0 Å². The molecule has 0 aromatic heterocycles. The Bertz CT molecular complexity index is 314. The van der Waals surface area contributed by atoms with Gasteiger partial charge in [-0.05, 0) is 11.1 Å². The third-order valence-electron chi connectivity index (χ3n) is 1.88. The van der Waals surface area contributed by atoms with Gasteiger partial charge in [-0.2, -0.15) is 0 Å². The zero-order valence-electron chi connectivity index (χ0n) is 9.22. The number of halogens is 6. The predicted octanol–water partition coefficient (Wildman–Crippen LogP) is 6.82. The molecule has 0 N–H and O–H groups in total. The fourth-order valence-corrected chi connectivity index (χ4v) is 1.26. The Hall–Kier alpha value is 1.32. The molecule has 0 aliphatic rings. The van der Waals surface area contributed by atoms with Crippen LogP contribution in [0, 0.1) is 0 Å². The van der Waals surface area contributed by atoms with Crippen molar-refractivity contribution < 1.29 is 0 Å². The summed E-state index contributed by atoms with van der Waals surface area (Å²) >= 11 is 0. The summed E-state index contributed by atoms with van der Waals surface area (Å²) in [5.41, 5.74) is 2.55. The monoisotopic (exact) mass is 634 g/mol. The zero-order valence-corrected chi connectivity index (χ0v) is 19.5. The van der Waals surface area contributed by atoms with Crippen LogP contribution in [0.1, 0.15) is 0 Å². The fraction of sp³-hybridized carbons (Fsp3) is 0. The smallest absolute Gasteiger partial charge is 0.0184 e. The van der Waals surface area contributed by atoms with Crippen molar-refractivity contribution >= 4 is 102 Å². The summed E-state index contributed by atoms with van der Waals surface area (Å²) in [6.07, 6.45) is 0. The average molecular weight is 640 g/mol. The van der Waals surface area contributed by atoms with Gasteiger partial charge in [-0.3, -0.25) is 0 Å². The van der Waals surface area contributed by atoms with E-state index < -0.39 is 0 Å². The summed E-state index contributed by atoms with van der Waals surface area (Å²) in [6.45, 7) is 0. The number of rotatable bonds is 1. The van der Waals surface area contributed by atoms with Gasteiger partial charge < -0.3 is 0 Å². The number of hydrogen-bond donors (Lipinski definition) is 0. The van der Waals surface area contributed by atoms with Gasteiger partial charge in [-0.25, -0.2) is 0 Å². The van der Waals surface area contributed by atoms with Crippen molar-refractivity contribution in [1.82, 2.24) is 0 Å².